The molecule has 218 valence electrons. The van der Waals surface area contributed by atoms with Gasteiger partial charge in [0.2, 0.25) is 5.95 Å². The number of aliphatic hydroxyl groups is 2. The molecule has 3 fully saturated rings. The van der Waals surface area contributed by atoms with Crippen LogP contribution in [0.4, 0.5) is 11.8 Å². The van der Waals surface area contributed by atoms with Crippen molar-refractivity contribution >= 4 is 52.6 Å². The number of aromatic nitrogens is 8. The van der Waals surface area contributed by atoms with Crippen LogP contribution in [0.3, 0.4) is 0 Å². The zero-order chi connectivity index (χ0) is 28.6. The van der Waals surface area contributed by atoms with Gasteiger partial charge in [0.1, 0.15) is 48.5 Å². The summed E-state index contributed by atoms with van der Waals surface area (Å²) >= 11 is 5.24. The number of aromatic amines is 1. The van der Waals surface area contributed by atoms with E-state index in [0.29, 0.717) is 11.2 Å². The Bertz CT molecular complexity index is 1750. The molecular weight excluding hydrogens is 587 g/mol. The number of nitrogens with zero attached hydrogens (tertiary/aromatic N) is 7. The highest BCUT2D eigenvalue weighted by atomic mass is 32.5. The molecule has 0 aromatic carbocycles. The molecule has 8 N–H and O–H groups in total. The SMILES string of the molecule is Nc1nc2c(ncn2C2OC3COC4C(COP(O)(=S)OC2C3O)OC(n2cnc3c(N)ncnc32)C4O)c(=O)[nH]1. The Hall–Kier alpha value is -3.17. The normalized spacial score (nSPS) is 36.0. The minimum atomic E-state index is -4.05. The summed E-state index contributed by atoms with van der Waals surface area (Å²) in [6, 6.07) is 0. The summed E-state index contributed by atoms with van der Waals surface area (Å²) < 4.78 is 32.3. The molecule has 0 amide bonds. The lowest BCUT2D eigenvalue weighted by Crippen LogP contribution is -2.40. The van der Waals surface area contributed by atoms with E-state index in [1.54, 1.807) is 0 Å². The molecular formula is C20H23N10O9PS. The third-order valence-corrected chi connectivity index (χ3v) is 8.68. The van der Waals surface area contributed by atoms with E-state index in [2.05, 4.69) is 29.9 Å². The molecule has 0 radical (unpaired) electrons. The monoisotopic (exact) mass is 610 g/mol. The lowest BCUT2D eigenvalue weighted by atomic mass is 10.1. The minimum Gasteiger partial charge on any atom is -0.387 e. The second kappa shape index (κ2) is 9.70. The van der Waals surface area contributed by atoms with Gasteiger partial charge in [-0.05, 0) is 11.8 Å². The maximum absolute atomic E-state index is 12.3. The van der Waals surface area contributed by atoms with Crippen LogP contribution < -0.4 is 17.0 Å². The van der Waals surface area contributed by atoms with Gasteiger partial charge < -0.3 is 45.3 Å². The second-order valence-corrected chi connectivity index (χ2v) is 12.4. The number of fused-ring (bicyclic) bond motifs is 5. The lowest BCUT2D eigenvalue weighted by molar-refractivity contribution is -0.111. The zero-order valence-corrected chi connectivity index (χ0v) is 22.4. The second-order valence-electron chi connectivity index (χ2n) is 9.60. The Morgan fingerprint density at radius 2 is 1.68 bits per heavy atom. The maximum Gasteiger partial charge on any atom is 0.325 e. The van der Waals surface area contributed by atoms with Crippen LogP contribution in [0.25, 0.3) is 22.3 Å². The third-order valence-electron chi connectivity index (χ3n) is 7.12. The van der Waals surface area contributed by atoms with E-state index in [9.17, 15) is 19.9 Å². The number of aliphatic hydroxyl groups excluding tert-OH is 2. The van der Waals surface area contributed by atoms with Gasteiger partial charge in [-0.15, -0.1) is 0 Å². The Balaban J connectivity index is 1.20. The van der Waals surface area contributed by atoms with E-state index < -0.39 is 61.4 Å². The summed E-state index contributed by atoms with van der Waals surface area (Å²) in [5.41, 5.74) is 11.7. The van der Waals surface area contributed by atoms with Crippen molar-refractivity contribution in [3.63, 3.8) is 0 Å². The number of nitrogens with two attached hydrogens (primary N) is 2. The Morgan fingerprint density at radius 3 is 2.49 bits per heavy atom. The number of nitrogens with one attached hydrogen (secondary N) is 1. The van der Waals surface area contributed by atoms with Gasteiger partial charge in [-0.2, -0.15) is 4.98 Å². The lowest BCUT2D eigenvalue weighted by Gasteiger charge is -2.27. The van der Waals surface area contributed by atoms with Gasteiger partial charge in [-0.1, -0.05) is 0 Å². The van der Waals surface area contributed by atoms with Crippen LogP contribution in [0.15, 0.2) is 23.8 Å². The van der Waals surface area contributed by atoms with E-state index in [0.717, 1.165) is 0 Å². The van der Waals surface area contributed by atoms with Crippen LogP contribution in [0.2, 0.25) is 0 Å². The molecule has 9 unspecified atom stereocenters. The number of anilines is 2. The fourth-order valence-electron chi connectivity index (χ4n) is 5.23. The molecule has 41 heavy (non-hydrogen) atoms. The van der Waals surface area contributed by atoms with Gasteiger partial charge >= 0.3 is 6.72 Å². The van der Waals surface area contributed by atoms with E-state index in [4.69, 9.17) is 46.5 Å². The number of rotatable bonds is 2. The van der Waals surface area contributed by atoms with E-state index in [1.807, 2.05) is 0 Å². The average molecular weight is 611 g/mol. The van der Waals surface area contributed by atoms with Gasteiger partial charge in [0.15, 0.2) is 35.1 Å². The molecule has 9 atom stereocenters. The quantitative estimate of drug-likeness (QED) is 0.130. The first-order chi connectivity index (χ1) is 19.6. The van der Waals surface area contributed by atoms with E-state index in [1.165, 1.54) is 28.1 Å². The van der Waals surface area contributed by atoms with Gasteiger partial charge in [0.05, 0.1) is 25.9 Å². The van der Waals surface area contributed by atoms with Crippen LogP contribution >= 0.6 is 6.72 Å². The molecule has 3 saturated heterocycles. The van der Waals surface area contributed by atoms with E-state index >= 15 is 0 Å². The molecule has 7 rings (SSSR count). The Morgan fingerprint density at radius 1 is 0.951 bits per heavy atom. The largest absolute Gasteiger partial charge is 0.387 e. The van der Waals surface area contributed by atoms with Crippen molar-refractivity contribution in [3.05, 3.63) is 29.3 Å². The molecule has 4 aromatic heterocycles. The highest BCUT2D eigenvalue weighted by molar-refractivity contribution is 8.07. The van der Waals surface area contributed by atoms with Crippen molar-refractivity contribution in [2.45, 2.75) is 49.1 Å². The van der Waals surface area contributed by atoms with Crippen LogP contribution in [-0.4, -0.2) is 104 Å². The predicted octanol–water partition coefficient (Wildman–Crippen LogP) is -2.34. The highest BCUT2D eigenvalue weighted by Gasteiger charge is 2.52. The topological polar surface area (TPSA) is 266 Å². The van der Waals surface area contributed by atoms with Gasteiger partial charge in [-0.25, -0.2) is 19.9 Å². The summed E-state index contributed by atoms with van der Waals surface area (Å²) in [7, 11) is 0. The fourth-order valence-corrected chi connectivity index (χ4v) is 6.64. The van der Waals surface area contributed by atoms with E-state index in [-0.39, 0.29) is 36.1 Å². The van der Waals surface area contributed by atoms with Crippen LogP contribution in [-0.2, 0) is 35.1 Å². The van der Waals surface area contributed by atoms with Crippen LogP contribution in [0.5, 0.6) is 0 Å². The minimum absolute atomic E-state index is 0.0318. The summed E-state index contributed by atoms with van der Waals surface area (Å²) in [6.45, 7) is -4.60. The highest BCUT2D eigenvalue weighted by Crippen LogP contribution is 2.51. The zero-order valence-electron chi connectivity index (χ0n) is 20.7. The molecule has 3 aliphatic rings. The first-order valence-corrected chi connectivity index (χ1v) is 14.8. The van der Waals surface area contributed by atoms with Crippen molar-refractivity contribution in [1.82, 2.24) is 39.0 Å². The summed E-state index contributed by atoms with van der Waals surface area (Å²) in [5, 5.41) is 22.4. The average Bonchev–Trinajstić information content (AvgIpc) is 3.67. The number of imidazole rings is 2. The number of hydrogen-bond donors (Lipinski definition) is 6. The summed E-state index contributed by atoms with van der Waals surface area (Å²) in [6.07, 6.45) is -5.22. The molecule has 2 bridgehead atoms. The van der Waals surface area contributed by atoms with Gasteiger partial charge in [-0.3, -0.25) is 23.4 Å². The standard InChI is InChI=1S/C20H23N10O9PS/c21-14-8-15(24-3-23-14)29(4-25-8)18-11(32)12-7(38-18)2-36-40(34,41)39-13-10(31)6(1-35-12)37-19(13)30-5-26-9-16(30)27-20(22)28-17(9)33/h3-7,10-13,18-19,31-32H,1-2H2,(H,34,41)(H2,21,23,24)(H3,22,27,28,33). The van der Waals surface area contributed by atoms with Crippen LogP contribution in [0, 0.1) is 0 Å². The molecule has 0 aliphatic carbocycles. The van der Waals surface area contributed by atoms with Crippen molar-refractivity contribution in [2.24, 2.45) is 0 Å². The molecule has 19 nitrogen and oxygen atoms in total. The van der Waals surface area contributed by atoms with Crippen molar-refractivity contribution in [2.75, 3.05) is 24.7 Å². The molecule has 0 spiro atoms. The predicted molar refractivity (Wildman–Crippen MR) is 139 cm³/mol. The summed E-state index contributed by atoms with van der Waals surface area (Å²) in [5.74, 6) is -0.0142. The number of nitrogen functional groups attached to an aromatic ring is 2. The smallest absolute Gasteiger partial charge is 0.325 e. The van der Waals surface area contributed by atoms with Crippen LogP contribution in [0.1, 0.15) is 12.5 Å². The Labute approximate surface area is 233 Å². The van der Waals surface area contributed by atoms with Crippen molar-refractivity contribution in [1.29, 1.82) is 0 Å². The van der Waals surface area contributed by atoms with Crippen molar-refractivity contribution < 1.29 is 38.4 Å². The third kappa shape index (κ3) is 4.39. The molecule has 7 heterocycles. The molecule has 21 heteroatoms. The first-order valence-electron chi connectivity index (χ1n) is 12.2. The number of hydrogen-bond acceptors (Lipinski definition) is 16. The molecule has 4 aromatic rings. The first kappa shape index (κ1) is 26.7. The molecule has 0 saturated carbocycles. The number of H-pyrrole nitrogens is 1. The van der Waals surface area contributed by atoms with Gasteiger partial charge in [0.25, 0.3) is 5.56 Å². The fraction of sp³-hybridized carbons (Fsp3) is 0.500. The number of ether oxygens (including phenoxy) is 3. The Kier molecular flexibility index (Phi) is 6.32. The van der Waals surface area contributed by atoms with Crippen molar-refractivity contribution in [3.8, 4) is 0 Å². The maximum atomic E-state index is 12.3. The molecule has 3 aliphatic heterocycles. The summed E-state index contributed by atoms with van der Waals surface area (Å²) in [4.78, 5) is 46.1. The van der Waals surface area contributed by atoms with Gasteiger partial charge in [0, 0.05) is 0 Å².